The molecule has 0 aromatic heterocycles. The van der Waals surface area contributed by atoms with Crippen molar-refractivity contribution in [3.63, 3.8) is 0 Å². The Bertz CT molecular complexity index is 255. The molecule has 0 aromatic rings. The molecule has 1 saturated heterocycles. The molecule has 0 spiro atoms. The summed E-state index contributed by atoms with van der Waals surface area (Å²) in [5, 5.41) is 12.5. The Morgan fingerprint density at radius 2 is 1.94 bits per heavy atom. The van der Waals surface area contributed by atoms with Crippen LogP contribution in [0.25, 0.3) is 0 Å². The fourth-order valence-electron chi connectivity index (χ4n) is 2.93. The zero-order valence-corrected chi connectivity index (χ0v) is 10.4. The van der Waals surface area contributed by atoms with Gasteiger partial charge in [-0.3, -0.25) is 4.79 Å². The molecule has 2 aliphatic rings. The van der Waals surface area contributed by atoms with E-state index in [-0.39, 0.29) is 18.1 Å². The quantitative estimate of drug-likeness (QED) is 0.778. The molecule has 4 nitrogen and oxygen atoms in total. The number of hydrogen-bond donors (Lipinski definition) is 2. The number of nitrogens with one attached hydrogen (secondary N) is 1. The zero-order chi connectivity index (χ0) is 12.1. The lowest BCUT2D eigenvalue weighted by Crippen LogP contribution is -2.49. The highest BCUT2D eigenvalue weighted by atomic mass is 16.5. The number of amides is 1. The van der Waals surface area contributed by atoms with Gasteiger partial charge in [0.2, 0.25) is 5.91 Å². The minimum atomic E-state index is -0.317. The van der Waals surface area contributed by atoms with Crippen LogP contribution in [0.4, 0.5) is 0 Å². The predicted molar refractivity (Wildman–Crippen MR) is 64.6 cm³/mol. The highest BCUT2D eigenvalue weighted by Crippen LogP contribution is 2.29. The molecule has 98 valence electrons. The molecule has 17 heavy (non-hydrogen) atoms. The zero-order valence-electron chi connectivity index (χ0n) is 10.4. The van der Waals surface area contributed by atoms with Crippen molar-refractivity contribution in [2.75, 3.05) is 19.8 Å². The van der Waals surface area contributed by atoms with Crippen LogP contribution < -0.4 is 5.32 Å². The first-order valence-electron chi connectivity index (χ1n) is 6.74. The van der Waals surface area contributed by atoms with E-state index in [1.165, 1.54) is 0 Å². The van der Waals surface area contributed by atoms with E-state index in [4.69, 9.17) is 4.74 Å². The largest absolute Gasteiger partial charge is 0.394 e. The first-order chi connectivity index (χ1) is 8.24. The number of ether oxygens (including phenoxy) is 1. The van der Waals surface area contributed by atoms with Crippen LogP contribution in [0, 0.1) is 5.92 Å². The maximum atomic E-state index is 12.0. The lowest BCUT2D eigenvalue weighted by molar-refractivity contribution is -0.125. The van der Waals surface area contributed by atoms with E-state index in [1.54, 1.807) is 0 Å². The van der Waals surface area contributed by atoms with Gasteiger partial charge in [0, 0.05) is 19.6 Å². The maximum Gasteiger partial charge on any atom is 0.220 e. The molecular formula is C13H23NO3. The Labute approximate surface area is 103 Å². The molecule has 2 N–H and O–H groups in total. The number of aliphatic hydroxyl groups is 1. The first-order valence-corrected chi connectivity index (χ1v) is 6.74. The van der Waals surface area contributed by atoms with Crippen molar-refractivity contribution in [3.8, 4) is 0 Å². The van der Waals surface area contributed by atoms with Crippen molar-refractivity contribution in [2.24, 2.45) is 5.92 Å². The summed E-state index contributed by atoms with van der Waals surface area (Å²) in [5.74, 6) is 0.564. The average molecular weight is 241 g/mol. The Kier molecular flexibility index (Phi) is 4.40. The van der Waals surface area contributed by atoms with Gasteiger partial charge in [-0.15, -0.1) is 0 Å². The summed E-state index contributed by atoms with van der Waals surface area (Å²) in [7, 11) is 0. The van der Waals surface area contributed by atoms with Crippen molar-refractivity contribution in [1.29, 1.82) is 0 Å². The van der Waals surface area contributed by atoms with Gasteiger partial charge < -0.3 is 15.2 Å². The van der Waals surface area contributed by atoms with E-state index < -0.39 is 0 Å². The highest BCUT2D eigenvalue weighted by molar-refractivity contribution is 5.77. The van der Waals surface area contributed by atoms with Crippen LogP contribution in [-0.4, -0.2) is 36.4 Å². The summed E-state index contributed by atoms with van der Waals surface area (Å²) in [4.78, 5) is 12.0. The van der Waals surface area contributed by atoms with Crippen LogP contribution in [0.2, 0.25) is 0 Å². The summed E-state index contributed by atoms with van der Waals surface area (Å²) in [6.07, 6.45) is 6.62. The summed E-state index contributed by atoms with van der Waals surface area (Å²) < 4.78 is 5.28. The molecule has 1 aliphatic heterocycles. The van der Waals surface area contributed by atoms with Crippen LogP contribution in [0.15, 0.2) is 0 Å². The molecule has 1 aliphatic carbocycles. The summed E-state index contributed by atoms with van der Waals surface area (Å²) in [6.45, 7) is 1.64. The van der Waals surface area contributed by atoms with Crippen LogP contribution in [0.1, 0.15) is 44.9 Å². The molecule has 2 rings (SSSR count). The number of carbonyl (C=O) groups is 1. The Balaban J connectivity index is 1.79. The molecule has 2 fully saturated rings. The SMILES string of the molecule is O=C(CC1CCOCC1)NC1(CO)CCCC1. The van der Waals surface area contributed by atoms with E-state index in [0.29, 0.717) is 12.3 Å². The average Bonchev–Trinajstić information content (AvgIpc) is 2.79. The van der Waals surface area contributed by atoms with Gasteiger partial charge in [-0.25, -0.2) is 0 Å². The third-order valence-corrected chi connectivity index (χ3v) is 4.08. The minimum absolute atomic E-state index is 0.0759. The van der Waals surface area contributed by atoms with E-state index >= 15 is 0 Å². The standard InChI is InChI=1S/C13H23NO3/c15-10-13(5-1-2-6-13)14-12(16)9-11-3-7-17-8-4-11/h11,15H,1-10H2,(H,14,16). The highest BCUT2D eigenvalue weighted by Gasteiger charge is 2.34. The van der Waals surface area contributed by atoms with Gasteiger partial charge in [-0.05, 0) is 31.6 Å². The number of carbonyl (C=O) groups excluding carboxylic acids is 1. The van der Waals surface area contributed by atoms with Crippen LogP contribution >= 0.6 is 0 Å². The van der Waals surface area contributed by atoms with Gasteiger partial charge in [-0.2, -0.15) is 0 Å². The lowest BCUT2D eigenvalue weighted by atomic mass is 9.94. The van der Waals surface area contributed by atoms with Gasteiger partial charge in [0.05, 0.1) is 12.1 Å². The van der Waals surface area contributed by atoms with Gasteiger partial charge in [-0.1, -0.05) is 12.8 Å². The van der Waals surface area contributed by atoms with Crippen LogP contribution in [0.3, 0.4) is 0 Å². The van der Waals surface area contributed by atoms with Crippen molar-refractivity contribution < 1.29 is 14.6 Å². The number of aliphatic hydroxyl groups excluding tert-OH is 1. The van der Waals surface area contributed by atoms with Gasteiger partial charge in [0.25, 0.3) is 0 Å². The maximum absolute atomic E-state index is 12.0. The topological polar surface area (TPSA) is 58.6 Å². The molecule has 0 bridgehead atoms. The van der Waals surface area contributed by atoms with Crippen molar-refractivity contribution in [3.05, 3.63) is 0 Å². The molecule has 0 aromatic carbocycles. The van der Waals surface area contributed by atoms with Crippen LogP contribution in [-0.2, 0) is 9.53 Å². The summed E-state index contributed by atoms with van der Waals surface area (Å²) in [6, 6.07) is 0. The Morgan fingerprint density at radius 1 is 1.29 bits per heavy atom. The van der Waals surface area contributed by atoms with Gasteiger partial charge in [0.15, 0.2) is 0 Å². The number of hydrogen-bond acceptors (Lipinski definition) is 3. The van der Waals surface area contributed by atoms with Crippen molar-refractivity contribution in [1.82, 2.24) is 5.32 Å². The second-order valence-corrected chi connectivity index (χ2v) is 5.45. The molecule has 4 heteroatoms. The molecule has 1 amide bonds. The van der Waals surface area contributed by atoms with Crippen molar-refractivity contribution >= 4 is 5.91 Å². The van der Waals surface area contributed by atoms with E-state index in [1.807, 2.05) is 0 Å². The van der Waals surface area contributed by atoms with Gasteiger partial charge in [0.1, 0.15) is 0 Å². The normalized spacial score (nSPS) is 24.8. The smallest absolute Gasteiger partial charge is 0.220 e. The van der Waals surface area contributed by atoms with E-state index in [9.17, 15) is 9.90 Å². The fraction of sp³-hybridized carbons (Fsp3) is 0.923. The van der Waals surface area contributed by atoms with Gasteiger partial charge >= 0.3 is 0 Å². The Hall–Kier alpha value is -0.610. The van der Waals surface area contributed by atoms with E-state index in [0.717, 1.165) is 51.7 Å². The second-order valence-electron chi connectivity index (χ2n) is 5.45. The molecule has 0 unspecified atom stereocenters. The van der Waals surface area contributed by atoms with Crippen LogP contribution in [0.5, 0.6) is 0 Å². The molecule has 1 heterocycles. The van der Waals surface area contributed by atoms with E-state index in [2.05, 4.69) is 5.32 Å². The monoisotopic (exact) mass is 241 g/mol. The first kappa shape index (κ1) is 12.8. The predicted octanol–water partition coefficient (Wildman–Crippen LogP) is 1.22. The lowest BCUT2D eigenvalue weighted by Gasteiger charge is -2.29. The number of rotatable bonds is 4. The molecule has 1 saturated carbocycles. The molecule has 0 atom stereocenters. The summed E-state index contributed by atoms with van der Waals surface area (Å²) >= 11 is 0. The Morgan fingerprint density at radius 3 is 2.53 bits per heavy atom. The molecule has 0 radical (unpaired) electrons. The minimum Gasteiger partial charge on any atom is -0.394 e. The third kappa shape index (κ3) is 3.42. The summed E-state index contributed by atoms with van der Waals surface area (Å²) in [5.41, 5.74) is -0.317. The fourth-order valence-corrected chi connectivity index (χ4v) is 2.93. The van der Waals surface area contributed by atoms with Crippen molar-refractivity contribution in [2.45, 2.75) is 50.5 Å². The third-order valence-electron chi connectivity index (χ3n) is 4.08. The molecular weight excluding hydrogens is 218 g/mol. The second kappa shape index (κ2) is 5.83.